The third-order valence-electron chi connectivity index (χ3n) is 3.66. The molecule has 1 heterocycles. The number of thioether (sulfide) groups is 1. The van der Waals surface area contributed by atoms with E-state index in [9.17, 15) is 19.2 Å². The predicted octanol–water partition coefficient (Wildman–Crippen LogP) is 2.99. The van der Waals surface area contributed by atoms with E-state index >= 15 is 0 Å². The summed E-state index contributed by atoms with van der Waals surface area (Å²) < 4.78 is 15.3. The highest BCUT2D eigenvalue weighted by molar-refractivity contribution is 9.10. The van der Waals surface area contributed by atoms with Crippen molar-refractivity contribution in [1.82, 2.24) is 4.90 Å². The third kappa shape index (κ3) is 5.14. The van der Waals surface area contributed by atoms with Crippen LogP contribution in [0.2, 0.25) is 0 Å². The van der Waals surface area contributed by atoms with Crippen molar-refractivity contribution in [2.24, 2.45) is 0 Å². The van der Waals surface area contributed by atoms with Gasteiger partial charge in [0.25, 0.3) is 11.1 Å². The smallest absolute Gasteiger partial charge is 0.344 e. The molecule has 2 amide bonds. The van der Waals surface area contributed by atoms with Crippen molar-refractivity contribution in [3.63, 3.8) is 0 Å². The maximum absolute atomic E-state index is 12.5. The SMILES string of the molecule is CCOC(=O)COc1ccc(/C=C2/SC(=O)N([C@H](C)C(=O)OC)C2=O)cc1Br. The summed E-state index contributed by atoms with van der Waals surface area (Å²) in [6.07, 6.45) is 1.54. The molecule has 1 aromatic rings. The summed E-state index contributed by atoms with van der Waals surface area (Å²) in [5.74, 6) is -1.29. The summed E-state index contributed by atoms with van der Waals surface area (Å²) in [6.45, 7) is 3.18. The van der Waals surface area contributed by atoms with Gasteiger partial charge in [0.15, 0.2) is 6.61 Å². The first kappa shape index (κ1) is 22.0. The molecule has 1 aromatic carbocycles. The van der Waals surface area contributed by atoms with E-state index in [1.165, 1.54) is 20.1 Å². The fraction of sp³-hybridized carbons (Fsp3) is 0.333. The summed E-state index contributed by atoms with van der Waals surface area (Å²) >= 11 is 4.09. The number of benzene rings is 1. The van der Waals surface area contributed by atoms with Gasteiger partial charge >= 0.3 is 11.9 Å². The van der Waals surface area contributed by atoms with Crippen LogP contribution in [0.5, 0.6) is 5.75 Å². The molecule has 0 saturated carbocycles. The van der Waals surface area contributed by atoms with E-state index in [2.05, 4.69) is 20.7 Å². The van der Waals surface area contributed by atoms with Crippen molar-refractivity contribution >= 4 is 56.9 Å². The molecule has 0 radical (unpaired) electrons. The van der Waals surface area contributed by atoms with Gasteiger partial charge in [-0.05, 0) is 65.3 Å². The topological polar surface area (TPSA) is 99.2 Å². The molecule has 0 N–H and O–H groups in total. The van der Waals surface area contributed by atoms with Gasteiger partial charge in [-0.15, -0.1) is 0 Å². The Labute approximate surface area is 174 Å². The minimum atomic E-state index is -1.01. The Balaban J connectivity index is 2.14. The highest BCUT2D eigenvalue weighted by Gasteiger charge is 2.41. The first-order chi connectivity index (χ1) is 13.3. The van der Waals surface area contributed by atoms with Crippen molar-refractivity contribution < 1.29 is 33.4 Å². The number of halogens is 1. The number of ether oxygens (including phenoxy) is 3. The molecule has 0 aliphatic carbocycles. The number of hydrogen-bond acceptors (Lipinski definition) is 8. The second-order valence-corrected chi connectivity index (χ2v) is 7.38. The number of nitrogens with zero attached hydrogens (tertiary/aromatic N) is 1. The highest BCUT2D eigenvalue weighted by Crippen LogP contribution is 2.35. The molecular weight excluding hydrogens is 454 g/mol. The molecule has 0 bridgehead atoms. The second-order valence-electron chi connectivity index (χ2n) is 5.53. The van der Waals surface area contributed by atoms with Crippen LogP contribution in [0.3, 0.4) is 0 Å². The Morgan fingerprint density at radius 2 is 2.04 bits per heavy atom. The zero-order valence-corrected chi connectivity index (χ0v) is 17.8. The van der Waals surface area contributed by atoms with E-state index in [4.69, 9.17) is 9.47 Å². The van der Waals surface area contributed by atoms with Crippen LogP contribution < -0.4 is 4.74 Å². The first-order valence-electron chi connectivity index (χ1n) is 8.21. The van der Waals surface area contributed by atoms with Crippen LogP contribution in [0.1, 0.15) is 19.4 Å². The zero-order valence-electron chi connectivity index (χ0n) is 15.4. The molecule has 150 valence electrons. The number of imide groups is 1. The Hall–Kier alpha value is -2.33. The average molecular weight is 472 g/mol. The fourth-order valence-electron chi connectivity index (χ4n) is 2.30. The summed E-state index contributed by atoms with van der Waals surface area (Å²) in [4.78, 5) is 48.7. The predicted molar refractivity (Wildman–Crippen MR) is 106 cm³/mol. The number of amides is 2. The van der Waals surface area contributed by atoms with E-state index in [1.54, 1.807) is 25.1 Å². The maximum Gasteiger partial charge on any atom is 0.344 e. The minimum absolute atomic E-state index is 0.188. The standard InChI is InChI=1S/C18H18BrNO7S/c1-4-26-15(21)9-27-13-6-5-11(7-12(13)19)8-14-16(22)20(18(24)28-14)10(2)17(23)25-3/h5-8,10H,4,9H2,1-3H3/b14-8+/t10-/m1/s1. The van der Waals surface area contributed by atoms with Crippen LogP contribution in [0, 0.1) is 0 Å². The van der Waals surface area contributed by atoms with Gasteiger partial charge in [0, 0.05) is 0 Å². The lowest BCUT2D eigenvalue weighted by atomic mass is 10.2. The van der Waals surface area contributed by atoms with Crippen LogP contribution in [0.25, 0.3) is 6.08 Å². The molecule has 1 atom stereocenters. The molecule has 28 heavy (non-hydrogen) atoms. The normalized spacial score (nSPS) is 16.3. The monoisotopic (exact) mass is 471 g/mol. The molecule has 0 aromatic heterocycles. The van der Waals surface area contributed by atoms with Gasteiger partial charge in [-0.25, -0.2) is 9.59 Å². The fourth-order valence-corrected chi connectivity index (χ4v) is 3.72. The number of hydrogen-bond donors (Lipinski definition) is 0. The van der Waals surface area contributed by atoms with Crippen molar-refractivity contribution in [2.75, 3.05) is 20.3 Å². The second kappa shape index (κ2) is 9.74. The van der Waals surface area contributed by atoms with Gasteiger partial charge < -0.3 is 14.2 Å². The minimum Gasteiger partial charge on any atom is -0.481 e. The van der Waals surface area contributed by atoms with Gasteiger partial charge in [0.1, 0.15) is 11.8 Å². The first-order valence-corrected chi connectivity index (χ1v) is 9.82. The molecule has 0 spiro atoms. The zero-order chi connectivity index (χ0) is 20.8. The lowest BCUT2D eigenvalue weighted by Gasteiger charge is -2.18. The summed E-state index contributed by atoms with van der Waals surface area (Å²) in [7, 11) is 1.19. The summed E-state index contributed by atoms with van der Waals surface area (Å²) in [5.41, 5.74) is 0.631. The van der Waals surface area contributed by atoms with Crippen molar-refractivity contribution in [3.8, 4) is 5.75 Å². The highest BCUT2D eigenvalue weighted by atomic mass is 79.9. The number of carbonyl (C=O) groups is 4. The number of esters is 2. The van der Waals surface area contributed by atoms with Gasteiger partial charge in [0.2, 0.25) is 0 Å². The van der Waals surface area contributed by atoms with Crippen molar-refractivity contribution in [2.45, 2.75) is 19.9 Å². The van der Waals surface area contributed by atoms with Crippen molar-refractivity contribution in [1.29, 1.82) is 0 Å². The van der Waals surface area contributed by atoms with Crippen LogP contribution >= 0.6 is 27.7 Å². The van der Waals surface area contributed by atoms with E-state index < -0.39 is 29.1 Å². The number of carbonyl (C=O) groups excluding carboxylic acids is 4. The van der Waals surface area contributed by atoms with Crippen LogP contribution in [-0.4, -0.2) is 54.4 Å². The van der Waals surface area contributed by atoms with Crippen LogP contribution in [-0.2, 0) is 23.9 Å². The number of methoxy groups -OCH3 is 1. The Kier molecular flexibility index (Phi) is 7.64. The molecule has 1 saturated heterocycles. The Bertz CT molecular complexity index is 839. The van der Waals surface area contributed by atoms with Gasteiger partial charge in [-0.2, -0.15) is 0 Å². The molecule has 1 aliphatic heterocycles. The van der Waals surface area contributed by atoms with E-state index in [0.717, 1.165) is 16.7 Å². The largest absolute Gasteiger partial charge is 0.481 e. The Morgan fingerprint density at radius 1 is 1.32 bits per heavy atom. The Morgan fingerprint density at radius 3 is 2.64 bits per heavy atom. The molecular formula is C18H18BrNO7S. The molecule has 1 aliphatic rings. The van der Waals surface area contributed by atoms with Crippen LogP contribution in [0.4, 0.5) is 4.79 Å². The van der Waals surface area contributed by atoms with Gasteiger partial charge in [-0.3, -0.25) is 14.5 Å². The summed E-state index contributed by atoms with van der Waals surface area (Å²) in [6, 6.07) is 3.96. The molecule has 8 nitrogen and oxygen atoms in total. The number of rotatable bonds is 7. The third-order valence-corrected chi connectivity index (χ3v) is 5.16. The van der Waals surface area contributed by atoms with E-state index in [1.807, 2.05) is 0 Å². The van der Waals surface area contributed by atoms with Gasteiger partial charge in [0.05, 0.1) is 23.1 Å². The lowest BCUT2D eigenvalue weighted by Crippen LogP contribution is -2.42. The molecule has 1 fully saturated rings. The van der Waals surface area contributed by atoms with E-state index in [-0.39, 0.29) is 18.1 Å². The maximum atomic E-state index is 12.5. The van der Waals surface area contributed by atoms with Gasteiger partial charge in [-0.1, -0.05) is 6.07 Å². The molecule has 10 heteroatoms. The van der Waals surface area contributed by atoms with E-state index in [0.29, 0.717) is 15.8 Å². The quantitative estimate of drug-likeness (QED) is 0.441. The van der Waals surface area contributed by atoms with Crippen LogP contribution in [0.15, 0.2) is 27.6 Å². The van der Waals surface area contributed by atoms with Crippen molar-refractivity contribution in [3.05, 3.63) is 33.1 Å². The lowest BCUT2D eigenvalue weighted by molar-refractivity contribution is -0.148. The molecule has 2 rings (SSSR count). The summed E-state index contributed by atoms with van der Waals surface area (Å²) in [5, 5.41) is -0.539. The molecule has 0 unspecified atom stereocenters. The average Bonchev–Trinajstić information content (AvgIpc) is 2.93.